The third kappa shape index (κ3) is 3.46. The van der Waals surface area contributed by atoms with Gasteiger partial charge in [0.05, 0.1) is 11.3 Å². The molecule has 1 aliphatic rings. The number of carboxylic acid groups (broad SMARTS) is 1. The molecule has 0 radical (unpaired) electrons. The largest absolute Gasteiger partial charge is 0.478 e. The minimum absolute atomic E-state index is 0.273. The number of aromatic nitrogens is 1. The van der Waals surface area contributed by atoms with Gasteiger partial charge < -0.3 is 10.4 Å². The molecular weight excluding hydrogens is 240 g/mol. The smallest absolute Gasteiger partial charge is 0.337 e. The molecule has 1 unspecified atom stereocenters. The van der Waals surface area contributed by atoms with Crippen LogP contribution < -0.4 is 5.32 Å². The Morgan fingerprint density at radius 2 is 2.21 bits per heavy atom. The van der Waals surface area contributed by atoms with Crippen molar-refractivity contribution >= 4 is 11.8 Å². The first-order chi connectivity index (χ1) is 8.87. The number of hydrogen-bond donors (Lipinski definition) is 2. The number of hydrogen-bond acceptors (Lipinski definition) is 3. The summed E-state index contributed by atoms with van der Waals surface area (Å²) in [5.74, 6) is -0.138. The molecule has 104 valence electrons. The first-order valence-corrected chi connectivity index (χ1v) is 6.85. The lowest BCUT2D eigenvalue weighted by atomic mass is 9.75. The topological polar surface area (TPSA) is 62.2 Å². The molecule has 1 fully saturated rings. The summed E-state index contributed by atoms with van der Waals surface area (Å²) in [6, 6.07) is 3.82. The Labute approximate surface area is 114 Å². The van der Waals surface area contributed by atoms with Crippen molar-refractivity contribution in [1.29, 1.82) is 0 Å². The average molecular weight is 262 g/mol. The number of carbonyl (C=O) groups is 1. The first-order valence-electron chi connectivity index (χ1n) is 6.85. The summed E-state index contributed by atoms with van der Waals surface area (Å²) in [6.07, 6.45) is 4.80. The van der Waals surface area contributed by atoms with E-state index >= 15 is 0 Å². The fourth-order valence-corrected chi connectivity index (χ4v) is 2.90. The molecule has 0 saturated heterocycles. The van der Waals surface area contributed by atoms with Gasteiger partial charge in [-0.25, -0.2) is 9.78 Å². The molecule has 2 rings (SSSR count). The molecule has 2 N–H and O–H groups in total. The number of aryl methyl sites for hydroxylation is 1. The molecule has 1 saturated carbocycles. The summed E-state index contributed by atoms with van der Waals surface area (Å²) in [5.41, 5.74) is 1.22. The van der Waals surface area contributed by atoms with Crippen molar-refractivity contribution in [3.05, 3.63) is 23.4 Å². The zero-order valence-electron chi connectivity index (χ0n) is 11.9. The fraction of sp³-hybridized carbons (Fsp3) is 0.600. The molecule has 1 aliphatic carbocycles. The minimum atomic E-state index is -0.921. The van der Waals surface area contributed by atoms with Gasteiger partial charge in [0.1, 0.15) is 5.82 Å². The molecule has 1 heterocycles. The van der Waals surface area contributed by atoms with Crippen LogP contribution in [-0.4, -0.2) is 22.1 Å². The highest BCUT2D eigenvalue weighted by molar-refractivity contribution is 5.89. The Balaban J connectivity index is 2.07. The van der Waals surface area contributed by atoms with Crippen LogP contribution >= 0.6 is 0 Å². The van der Waals surface area contributed by atoms with Gasteiger partial charge in [-0.2, -0.15) is 0 Å². The number of nitrogens with zero attached hydrogens (tertiary/aromatic N) is 1. The monoisotopic (exact) mass is 262 g/mol. The van der Waals surface area contributed by atoms with Gasteiger partial charge in [0.15, 0.2) is 0 Å². The van der Waals surface area contributed by atoms with Crippen molar-refractivity contribution < 1.29 is 9.90 Å². The van der Waals surface area contributed by atoms with Crippen LogP contribution in [0.1, 0.15) is 55.6 Å². The number of aromatic carboxylic acids is 1. The lowest BCUT2D eigenvalue weighted by molar-refractivity contribution is 0.0695. The Morgan fingerprint density at radius 1 is 1.47 bits per heavy atom. The molecule has 19 heavy (non-hydrogen) atoms. The van der Waals surface area contributed by atoms with E-state index < -0.39 is 5.97 Å². The van der Waals surface area contributed by atoms with Crippen LogP contribution in [0.5, 0.6) is 0 Å². The molecule has 0 spiro atoms. The Hall–Kier alpha value is -1.58. The molecule has 4 heteroatoms. The normalized spacial score (nSPS) is 21.9. The second-order valence-electron chi connectivity index (χ2n) is 6.24. The van der Waals surface area contributed by atoms with Crippen LogP contribution in [0.2, 0.25) is 0 Å². The minimum Gasteiger partial charge on any atom is -0.478 e. The highest BCUT2D eigenvalue weighted by Crippen LogP contribution is 2.36. The summed E-state index contributed by atoms with van der Waals surface area (Å²) in [6.45, 7) is 6.33. The number of carboxylic acids is 1. The maximum absolute atomic E-state index is 10.9. The molecule has 1 aromatic rings. The third-order valence-electron chi connectivity index (χ3n) is 3.87. The Kier molecular flexibility index (Phi) is 3.78. The zero-order valence-corrected chi connectivity index (χ0v) is 11.9. The maximum atomic E-state index is 10.9. The van der Waals surface area contributed by atoms with Gasteiger partial charge in [-0.3, -0.25) is 0 Å². The number of pyridine rings is 1. The standard InChI is InChI=1S/C15H22N2O2/c1-10-12(14(18)19)6-7-13(16-10)17-11-5-4-8-15(2,3)9-11/h6-7,11H,4-5,8-9H2,1-3H3,(H,16,17)(H,18,19). The van der Waals surface area contributed by atoms with Gasteiger partial charge in [-0.05, 0) is 43.7 Å². The van der Waals surface area contributed by atoms with Crippen molar-refractivity contribution in [3.63, 3.8) is 0 Å². The average Bonchev–Trinajstić information content (AvgIpc) is 2.27. The molecule has 1 aromatic heterocycles. The van der Waals surface area contributed by atoms with Gasteiger partial charge in [0, 0.05) is 6.04 Å². The maximum Gasteiger partial charge on any atom is 0.337 e. The summed E-state index contributed by atoms with van der Waals surface area (Å²) in [4.78, 5) is 15.3. The van der Waals surface area contributed by atoms with Crippen molar-refractivity contribution in [2.75, 3.05) is 5.32 Å². The van der Waals surface area contributed by atoms with Gasteiger partial charge >= 0.3 is 5.97 Å². The van der Waals surface area contributed by atoms with Gasteiger partial charge in [-0.15, -0.1) is 0 Å². The molecular formula is C15H22N2O2. The molecule has 1 atom stereocenters. The third-order valence-corrected chi connectivity index (χ3v) is 3.87. The van der Waals surface area contributed by atoms with Gasteiger partial charge in [-0.1, -0.05) is 20.3 Å². The van der Waals surface area contributed by atoms with E-state index in [1.807, 2.05) is 0 Å². The summed E-state index contributed by atoms with van der Waals surface area (Å²) >= 11 is 0. The zero-order chi connectivity index (χ0) is 14.0. The van der Waals surface area contributed by atoms with Crippen LogP contribution in [0.25, 0.3) is 0 Å². The van der Waals surface area contributed by atoms with E-state index in [-0.39, 0.29) is 5.56 Å². The summed E-state index contributed by atoms with van der Waals surface area (Å²) in [5, 5.41) is 12.4. The van der Waals surface area contributed by atoms with Crippen LogP contribution in [0.15, 0.2) is 12.1 Å². The van der Waals surface area contributed by atoms with Crippen molar-refractivity contribution in [1.82, 2.24) is 4.98 Å². The molecule has 0 bridgehead atoms. The predicted octanol–water partition coefficient (Wildman–Crippen LogP) is 3.47. The lowest BCUT2D eigenvalue weighted by Crippen LogP contribution is -2.32. The Bertz CT molecular complexity index is 483. The van der Waals surface area contributed by atoms with Crippen LogP contribution in [-0.2, 0) is 0 Å². The Morgan fingerprint density at radius 3 is 2.79 bits per heavy atom. The molecule has 0 amide bonds. The SMILES string of the molecule is Cc1nc(NC2CCCC(C)(C)C2)ccc1C(=O)O. The van der Waals surface area contributed by atoms with Crippen molar-refractivity contribution in [3.8, 4) is 0 Å². The van der Waals surface area contributed by atoms with Crippen molar-refractivity contribution in [2.24, 2.45) is 5.41 Å². The first kappa shape index (κ1) is 13.8. The second-order valence-corrected chi connectivity index (χ2v) is 6.24. The van der Waals surface area contributed by atoms with E-state index in [4.69, 9.17) is 5.11 Å². The molecule has 4 nitrogen and oxygen atoms in total. The lowest BCUT2D eigenvalue weighted by Gasteiger charge is -2.35. The number of rotatable bonds is 3. The second kappa shape index (κ2) is 5.19. The van der Waals surface area contributed by atoms with Gasteiger partial charge in [0.2, 0.25) is 0 Å². The van der Waals surface area contributed by atoms with Crippen LogP contribution in [0, 0.1) is 12.3 Å². The summed E-state index contributed by atoms with van der Waals surface area (Å²) < 4.78 is 0. The van der Waals surface area contributed by atoms with E-state index in [0.717, 1.165) is 18.7 Å². The van der Waals surface area contributed by atoms with Crippen molar-refractivity contribution in [2.45, 2.75) is 52.5 Å². The number of anilines is 1. The number of nitrogens with one attached hydrogen (secondary N) is 1. The quantitative estimate of drug-likeness (QED) is 0.875. The highest BCUT2D eigenvalue weighted by atomic mass is 16.4. The van der Waals surface area contributed by atoms with Crippen LogP contribution in [0.4, 0.5) is 5.82 Å². The van der Waals surface area contributed by atoms with E-state index in [2.05, 4.69) is 24.1 Å². The van der Waals surface area contributed by atoms with Gasteiger partial charge in [0.25, 0.3) is 0 Å². The highest BCUT2D eigenvalue weighted by Gasteiger charge is 2.28. The molecule has 0 aliphatic heterocycles. The van der Waals surface area contributed by atoms with E-state index in [0.29, 0.717) is 17.2 Å². The summed E-state index contributed by atoms with van der Waals surface area (Å²) in [7, 11) is 0. The van der Waals surface area contributed by atoms with Crippen LogP contribution in [0.3, 0.4) is 0 Å². The predicted molar refractivity (Wildman–Crippen MR) is 75.6 cm³/mol. The molecule has 0 aromatic carbocycles. The van der Waals surface area contributed by atoms with E-state index in [9.17, 15) is 4.79 Å². The van der Waals surface area contributed by atoms with E-state index in [1.54, 1.807) is 19.1 Å². The van der Waals surface area contributed by atoms with E-state index in [1.165, 1.54) is 12.8 Å². The fourth-order valence-electron chi connectivity index (χ4n) is 2.90.